The van der Waals surface area contributed by atoms with Gasteiger partial charge in [0.15, 0.2) is 5.75 Å². The predicted octanol–water partition coefficient (Wildman–Crippen LogP) is 4.27. The molecule has 2 aromatic carbocycles. The van der Waals surface area contributed by atoms with E-state index in [1.807, 2.05) is 43.5 Å². The van der Waals surface area contributed by atoms with Gasteiger partial charge in [0.2, 0.25) is 5.91 Å². The Labute approximate surface area is 240 Å². The fourth-order valence-corrected chi connectivity index (χ4v) is 6.75. The lowest BCUT2D eigenvalue weighted by atomic mass is 9.92. The van der Waals surface area contributed by atoms with Crippen LogP contribution in [0.5, 0.6) is 5.75 Å². The normalized spacial score (nSPS) is 20.6. The molecule has 6 rings (SSSR count). The number of hydrogen-bond donors (Lipinski definition) is 1. The van der Waals surface area contributed by atoms with E-state index in [1.54, 1.807) is 6.07 Å². The van der Waals surface area contributed by atoms with Crippen LogP contribution in [0.2, 0.25) is 0 Å². The van der Waals surface area contributed by atoms with Crippen molar-refractivity contribution in [1.29, 1.82) is 0 Å². The molecule has 0 bridgehead atoms. The second-order valence-corrected chi connectivity index (χ2v) is 11.8. The van der Waals surface area contributed by atoms with Gasteiger partial charge in [-0.25, -0.2) is 0 Å². The number of piperazine rings is 1. The van der Waals surface area contributed by atoms with Crippen molar-refractivity contribution in [2.75, 3.05) is 45.2 Å². The summed E-state index contributed by atoms with van der Waals surface area (Å²) in [6.07, 6.45) is 1.38. The molecule has 2 aliphatic rings. The maximum atomic E-state index is 14.0. The second kappa shape index (κ2) is 10.1. The molecule has 1 N–H and O–H groups in total. The van der Waals surface area contributed by atoms with E-state index in [-0.39, 0.29) is 29.6 Å². The first kappa shape index (κ1) is 27.1. The van der Waals surface area contributed by atoms with E-state index in [4.69, 9.17) is 4.74 Å². The van der Waals surface area contributed by atoms with E-state index in [2.05, 4.69) is 58.6 Å². The van der Waals surface area contributed by atoms with Crippen molar-refractivity contribution in [2.24, 2.45) is 0 Å². The summed E-state index contributed by atoms with van der Waals surface area (Å²) in [5.41, 5.74) is 6.70. The van der Waals surface area contributed by atoms with Gasteiger partial charge >= 0.3 is 0 Å². The molecule has 9 heteroatoms. The molecule has 0 saturated carbocycles. The summed E-state index contributed by atoms with van der Waals surface area (Å²) >= 11 is 0. The molecule has 214 valence electrons. The zero-order valence-electron chi connectivity index (χ0n) is 24.7. The summed E-state index contributed by atoms with van der Waals surface area (Å²) in [7, 11) is 4.03. The van der Waals surface area contributed by atoms with E-state index in [0.29, 0.717) is 26.2 Å². The smallest absolute Gasteiger partial charge is 0.253 e. The van der Waals surface area contributed by atoms with Crippen molar-refractivity contribution in [3.05, 3.63) is 64.6 Å². The number of anilines is 1. The molecular formula is C32H38N6O3. The summed E-state index contributed by atoms with van der Waals surface area (Å²) in [5.74, 6) is 0.665. The zero-order valence-corrected chi connectivity index (χ0v) is 24.7. The molecule has 0 aliphatic carbocycles. The van der Waals surface area contributed by atoms with Crippen LogP contribution in [0.25, 0.3) is 32.9 Å². The number of carbonyl (C=O) groups is 1. The van der Waals surface area contributed by atoms with Gasteiger partial charge in [-0.1, -0.05) is 12.6 Å². The fourth-order valence-electron chi connectivity index (χ4n) is 6.75. The first-order chi connectivity index (χ1) is 19.6. The number of hydrogen-bond acceptors (Lipinski definition) is 6. The standard InChI is InChI=1S/C32H38N6O3/c1-8-27(39)37-15-19(3)36(14-20(37)4)26-13-28(40)38-22(16-35(6)7)17-41-32-24(11-10-23(26)31(32)38)29-18(2)9-12-25-30(29)21(5)33-34-25/h8-13,19-20,22H,1,14-17H2,2-7H3,(H,33,34)/t19-,20+,22+/m0/s1. The Hall–Kier alpha value is -4.11. The third-order valence-electron chi connectivity index (χ3n) is 8.64. The molecule has 9 nitrogen and oxygen atoms in total. The molecule has 3 atom stereocenters. The van der Waals surface area contributed by atoms with Gasteiger partial charge in [-0.2, -0.15) is 5.10 Å². The molecule has 1 saturated heterocycles. The molecule has 4 heterocycles. The number of ether oxygens (including phenoxy) is 1. The molecular weight excluding hydrogens is 516 g/mol. The number of nitrogens with zero attached hydrogens (tertiary/aromatic N) is 5. The van der Waals surface area contributed by atoms with Gasteiger partial charge in [0.1, 0.15) is 6.61 Å². The van der Waals surface area contributed by atoms with Crippen LogP contribution in [-0.4, -0.2) is 82.9 Å². The van der Waals surface area contributed by atoms with Crippen molar-refractivity contribution in [3.8, 4) is 16.9 Å². The maximum absolute atomic E-state index is 14.0. The van der Waals surface area contributed by atoms with Gasteiger partial charge < -0.3 is 19.4 Å². The largest absolute Gasteiger partial charge is 0.489 e. The Bertz CT molecular complexity index is 1750. The highest BCUT2D eigenvalue weighted by Gasteiger charge is 2.35. The lowest BCUT2D eigenvalue weighted by molar-refractivity contribution is -0.128. The van der Waals surface area contributed by atoms with Crippen LogP contribution in [0.1, 0.15) is 31.1 Å². The van der Waals surface area contributed by atoms with Crippen LogP contribution < -0.4 is 15.2 Å². The van der Waals surface area contributed by atoms with E-state index < -0.39 is 0 Å². The van der Waals surface area contributed by atoms with Gasteiger partial charge in [-0.05, 0) is 77.2 Å². The number of carbonyl (C=O) groups excluding carboxylic acids is 1. The highest BCUT2D eigenvalue weighted by molar-refractivity contribution is 6.06. The van der Waals surface area contributed by atoms with Crippen LogP contribution in [0.4, 0.5) is 5.69 Å². The van der Waals surface area contributed by atoms with Gasteiger partial charge in [0.25, 0.3) is 5.56 Å². The third kappa shape index (κ3) is 4.30. The number of benzene rings is 2. The van der Waals surface area contributed by atoms with Crippen LogP contribution in [-0.2, 0) is 4.79 Å². The molecule has 4 aromatic rings. The van der Waals surface area contributed by atoms with E-state index in [0.717, 1.165) is 55.6 Å². The molecule has 2 aliphatic heterocycles. The summed E-state index contributed by atoms with van der Waals surface area (Å²) < 4.78 is 8.56. The lowest BCUT2D eigenvalue weighted by Crippen LogP contribution is -2.58. The number of aromatic amines is 1. The average molecular weight is 555 g/mol. The summed E-state index contributed by atoms with van der Waals surface area (Å²) in [6.45, 7) is 14.2. The average Bonchev–Trinajstić information content (AvgIpc) is 3.32. The second-order valence-electron chi connectivity index (χ2n) is 11.8. The Morgan fingerprint density at radius 3 is 2.68 bits per heavy atom. The van der Waals surface area contributed by atoms with E-state index in [1.165, 1.54) is 6.08 Å². The lowest BCUT2D eigenvalue weighted by Gasteiger charge is -2.45. The number of nitrogens with one attached hydrogen (secondary N) is 1. The van der Waals surface area contributed by atoms with Crippen LogP contribution in [0.3, 0.4) is 0 Å². The predicted molar refractivity (Wildman–Crippen MR) is 164 cm³/mol. The van der Waals surface area contributed by atoms with Crippen molar-refractivity contribution in [2.45, 2.75) is 45.8 Å². The SMILES string of the molecule is C=CC(=O)N1C[C@H](C)N(c2cc(=O)n3c4c(c(-c5c(C)ccc6n[nH]c(C)c56)ccc24)OC[C@H]3CN(C)C)C[C@H]1C. The Morgan fingerprint density at radius 1 is 1.17 bits per heavy atom. The number of aryl methyl sites for hydroxylation is 2. The van der Waals surface area contributed by atoms with E-state index in [9.17, 15) is 9.59 Å². The molecule has 0 spiro atoms. The van der Waals surface area contributed by atoms with Gasteiger partial charge in [-0.15, -0.1) is 0 Å². The number of amides is 1. The number of aromatic nitrogens is 3. The van der Waals surface area contributed by atoms with Crippen molar-refractivity contribution in [3.63, 3.8) is 0 Å². The van der Waals surface area contributed by atoms with Crippen molar-refractivity contribution in [1.82, 2.24) is 24.6 Å². The molecule has 1 fully saturated rings. The first-order valence-corrected chi connectivity index (χ1v) is 14.2. The Balaban J connectivity index is 1.60. The van der Waals surface area contributed by atoms with E-state index >= 15 is 0 Å². The Morgan fingerprint density at radius 2 is 1.95 bits per heavy atom. The molecule has 0 unspecified atom stereocenters. The number of H-pyrrole nitrogens is 1. The van der Waals surface area contributed by atoms with Gasteiger partial charge in [0, 0.05) is 59.8 Å². The Kier molecular flexibility index (Phi) is 6.65. The summed E-state index contributed by atoms with van der Waals surface area (Å²) in [4.78, 5) is 32.7. The van der Waals surface area contributed by atoms with Gasteiger partial charge in [-0.3, -0.25) is 19.3 Å². The zero-order chi connectivity index (χ0) is 29.2. The van der Waals surface area contributed by atoms with Crippen LogP contribution in [0.15, 0.2) is 47.8 Å². The third-order valence-corrected chi connectivity index (χ3v) is 8.64. The monoisotopic (exact) mass is 554 g/mol. The van der Waals surface area contributed by atoms with Crippen LogP contribution >= 0.6 is 0 Å². The molecule has 2 aromatic heterocycles. The maximum Gasteiger partial charge on any atom is 0.253 e. The number of fused-ring (bicyclic) bond motifs is 1. The van der Waals surface area contributed by atoms with Crippen molar-refractivity contribution < 1.29 is 9.53 Å². The summed E-state index contributed by atoms with van der Waals surface area (Å²) in [5, 5.41) is 9.68. The van der Waals surface area contributed by atoms with Crippen molar-refractivity contribution >= 4 is 33.4 Å². The fraction of sp³-hybridized carbons (Fsp3) is 0.406. The van der Waals surface area contributed by atoms with Crippen LogP contribution in [0, 0.1) is 13.8 Å². The summed E-state index contributed by atoms with van der Waals surface area (Å²) in [6, 6.07) is 10.0. The number of likely N-dealkylation sites (N-methyl/N-ethyl adjacent to an activating group) is 1. The number of pyridine rings is 1. The minimum Gasteiger partial charge on any atom is -0.489 e. The minimum atomic E-state index is -0.122. The number of rotatable bonds is 5. The first-order valence-electron chi connectivity index (χ1n) is 14.2. The molecule has 1 amide bonds. The molecule has 0 radical (unpaired) electrons. The highest BCUT2D eigenvalue weighted by atomic mass is 16.5. The molecule has 41 heavy (non-hydrogen) atoms. The van der Waals surface area contributed by atoms with Gasteiger partial charge in [0.05, 0.1) is 22.8 Å². The quantitative estimate of drug-likeness (QED) is 0.371. The highest BCUT2D eigenvalue weighted by Crippen LogP contribution is 2.46. The topological polar surface area (TPSA) is 86.7 Å². The minimum absolute atomic E-state index is 0.0164.